The minimum absolute atomic E-state index is 0.209. The molecule has 0 aliphatic carbocycles. The Morgan fingerprint density at radius 1 is 1.00 bits per heavy atom. The van der Waals surface area contributed by atoms with Crippen LogP contribution in [0.1, 0.15) is 19.0 Å². The van der Waals surface area contributed by atoms with E-state index in [-0.39, 0.29) is 22.5 Å². The fourth-order valence-electron chi connectivity index (χ4n) is 4.79. The van der Waals surface area contributed by atoms with Crippen molar-refractivity contribution in [3.05, 3.63) is 85.2 Å². The van der Waals surface area contributed by atoms with Gasteiger partial charge in [-0.05, 0) is 56.3 Å². The van der Waals surface area contributed by atoms with Gasteiger partial charge < -0.3 is 19.9 Å². The van der Waals surface area contributed by atoms with Gasteiger partial charge >= 0.3 is 6.55 Å². The van der Waals surface area contributed by atoms with Crippen LogP contribution in [-0.2, 0) is 4.79 Å². The first-order chi connectivity index (χ1) is 20.8. The second kappa shape index (κ2) is 12.8. The maximum absolute atomic E-state index is 15.5. The van der Waals surface area contributed by atoms with Gasteiger partial charge in [-0.15, -0.1) is 6.58 Å². The molecule has 1 amide bonds. The Bertz CT molecular complexity index is 1770. The summed E-state index contributed by atoms with van der Waals surface area (Å²) in [5.41, 5.74) is 2.75. The summed E-state index contributed by atoms with van der Waals surface area (Å²) < 4.78 is 48.4. The predicted molar refractivity (Wildman–Crippen MR) is 161 cm³/mol. The number of hydrogen-bond donors (Lipinski definition) is 1. The van der Waals surface area contributed by atoms with Gasteiger partial charge in [0.05, 0.1) is 22.2 Å². The van der Waals surface area contributed by atoms with Crippen molar-refractivity contribution in [1.29, 1.82) is 0 Å². The van der Waals surface area contributed by atoms with Gasteiger partial charge in [-0.25, -0.2) is 19.3 Å². The van der Waals surface area contributed by atoms with Crippen molar-refractivity contribution in [3.8, 4) is 11.5 Å². The second-order valence-electron chi connectivity index (χ2n) is 9.82. The fourth-order valence-corrected chi connectivity index (χ4v) is 4.79. The lowest BCUT2D eigenvalue weighted by Gasteiger charge is -2.34. The van der Waals surface area contributed by atoms with Gasteiger partial charge in [-0.1, -0.05) is 6.08 Å². The van der Waals surface area contributed by atoms with Crippen LogP contribution in [0.25, 0.3) is 21.9 Å². The molecule has 0 radical (unpaired) electrons. The number of carbonyl (C=O) groups excluding carboxylic acids is 1. The van der Waals surface area contributed by atoms with Crippen LogP contribution in [0, 0.1) is 12.7 Å². The first-order valence-electron chi connectivity index (χ1n) is 13.6. The third-order valence-electron chi connectivity index (χ3n) is 7.02. The van der Waals surface area contributed by atoms with Gasteiger partial charge in [-0.3, -0.25) is 9.36 Å². The van der Waals surface area contributed by atoms with Gasteiger partial charge in [0.1, 0.15) is 30.0 Å². The van der Waals surface area contributed by atoms with E-state index in [1.807, 2.05) is 25.1 Å². The van der Waals surface area contributed by atoms with Crippen molar-refractivity contribution in [2.45, 2.75) is 20.4 Å². The number of nitrogens with one attached hydrogen (secondary N) is 1. The smallest absolute Gasteiger partial charge is 0.320 e. The molecule has 0 spiro atoms. The summed E-state index contributed by atoms with van der Waals surface area (Å²) >= 11 is 0. The van der Waals surface area contributed by atoms with Gasteiger partial charge in [0.15, 0.2) is 5.82 Å². The lowest BCUT2D eigenvalue weighted by Crippen LogP contribution is -2.45. The summed E-state index contributed by atoms with van der Waals surface area (Å²) in [7, 11) is 0. The number of nitrogens with zero attached hydrogens (tertiary/aromatic N) is 6. The molecule has 0 unspecified atom stereocenters. The molecule has 1 fully saturated rings. The van der Waals surface area contributed by atoms with Crippen LogP contribution in [0.15, 0.2) is 73.8 Å². The Morgan fingerprint density at radius 3 is 2.49 bits per heavy atom. The molecule has 3 aromatic carbocycles. The van der Waals surface area contributed by atoms with Gasteiger partial charge in [0.2, 0.25) is 6.41 Å². The lowest BCUT2D eigenvalue weighted by molar-refractivity contribution is -0.118. The zero-order valence-corrected chi connectivity index (χ0v) is 23.7. The van der Waals surface area contributed by atoms with Crippen LogP contribution in [0.2, 0.25) is 0 Å². The van der Waals surface area contributed by atoms with Crippen LogP contribution >= 0.6 is 0 Å². The van der Waals surface area contributed by atoms with E-state index in [1.165, 1.54) is 24.5 Å². The van der Waals surface area contributed by atoms with E-state index in [0.717, 1.165) is 28.4 Å². The molecule has 1 saturated heterocycles. The SMILES string of the molecule is C=CC.Cc1c(Oc2ccc3c(c2)ncn3C(F)F)ccc(Nc2ncnc3ccc(N4CCN(C=O)CC4)cc23)c1F. The maximum atomic E-state index is 15.5. The van der Waals surface area contributed by atoms with E-state index in [2.05, 4.69) is 31.7 Å². The molecule has 0 atom stereocenters. The summed E-state index contributed by atoms with van der Waals surface area (Å²) in [6.07, 6.45) is 5.10. The molecule has 222 valence electrons. The van der Waals surface area contributed by atoms with Gasteiger partial charge in [-0.2, -0.15) is 8.78 Å². The highest BCUT2D eigenvalue weighted by Crippen LogP contribution is 2.34. The van der Waals surface area contributed by atoms with Crippen LogP contribution in [-0.4, -0.2) is 57.0 Å². The second-order valence-corrected chi connectivity index (χ2v) is 9.82. The Morgan fingerprint density at radius 2 is 1.77 bits per heavy atom. The number of anilines is 3. The van der Waals surface area contributed by atoms with Crippen LogP contribution < -0.4 is 15.0 Å². The minimum atomic E-state index is -2.70. The van der Waals surface area contributed by atoms with Crippen molar-refractivity contribution in [2.75, 3.05) is 36.4 Å². The first kappa shape index (κ1) is 29.4. The average Bonchev–Trinajstić information content (AvgIpc) is 3.45. The highest BCUT2D eigenvalue weighted by Gasteiger charge is 2.18. The van der Waals surface area contributed by atoms with Crippen LogP contribution in [0.3, 0.4) is 0 Å². The molecule has 43 heavy (non-hydrogen) atoms. The van der Waals surface area contributed by atoms with E-state index in [1.54, 1.807) is 30.0 Å². The molecule has 1 aliphatic rings. The van der Waals surface area contributed by atoms with E-state index in [0.29, 0.717) is 48.8 Å². The number of halogens is 3. The van der Waals surface area contributed by atoms with Crippen molar-refractivity contribution in [1.82, 2.24) is 24.4 Å². The quantitative estimate of drug-likeness (QED) is 0.164. The highest BCUT2D eigenvalue weighted by molar-refractivity contribution is 5.93. The average molecular weight is 590 g/mol. The number of benzene rings is 3. The summed E-state index contributed by atoms with van der Waals surface area (Å²) in [6.45, 7) is 6.84. The van der Waals surface area contributed by atoms with Crippen LogP contribution in [0.4, 0.5) is 30.4 Å². The molecule has 1 N–H and O–H groups in total. The Balaban J connectivity index is 0.00000118. The van der Waals surface area contributed by atoms with E-state index in [9.17, 15) is 13.6 Å². The topological polar surface area (TPSA) is 88.4 Å². The Labute approximate surface area is 246 Å². The molecule has 5 aromatic rings. The number of carbonyl (C=O) groups is 1. The largest absolute Gasteiger partial charge is 0.457 e. The predicted octanol–water partition coefficient (Wildman–Crippen LogP) is 6.83. The fraction of sp³-hybridized carbons (Fsp3) is 0.226. The summed E-state index contributed by atoms with van der Waals surface area (Å²) in [4.78, 5) is 27.7. The number of amides is 1. The standard InChI is InChI=1S/C28H24F3N7O2.C3H6/c1-17-25(40-19-3-6-24-23(13-19)34-15-38(24)28(30)31)7-5-22(26(17)29)35-27-20-12-18(2-4-21(20)32-14-33-27)37-10-8-36(16-39)9-11-37;1-3-2/h2-7,12-16,28H,8-11H2,1H3,(H,32,33,35);3H,1H2,2H3. The molecule has 3 heterocycles. The summed E-state index contributed by atoms with van der Waals surface area (Å²) in [5, 5.41) is 3.82. The molecule has 0 bridgehead atoms. The van der Waals surface area contributed by atoms with Crippen molar-refractivity contribution in [2.24, 2.45) is 0 Å². The van der Waals surface area contributed by atoms with E-state index >= 15 is 4.39 Å². The lowest BCUT2D eigenvalue weighted by atomic mass is 10.1. The number of aromatic nitrogens is 4. The molecule has 12 heteroatoms. The monoisotopic (exact) mass is 589 g/mol. The van der Waals surface area contributed by atoms with E-state index in [4.69, 9.17) is 4.74 Å². The highest BCUT2D eigenvalue weighted by atomic mass is 19.3. The molecule has 2 aromatic heterocycles. The third-order valence-corrected chi connectivity index (χ3v) is 7.02. The van der Waals surface area contributed by atoms with Crippen molar-refractivity contribution < 1.29 is 22.7 Å². The maximum Gasteiger partial charge on any atom is 0.320 e. The van der Waals surface area contributed by atoms with Gasteiger partial charge in [0.25, 0.3) is 0 Å². The van der Waals surface area contributed by atoms with Crippen LogP contribution in [0.5, 0.6) is 11.5 Å². The molecular weight excluding hydrogens is 559 g/mol. The molecule has 1 aliphatic heterocycles. The minimum Gasteiger partial charge on any atom is -0.457 e. The number of rotatable bonds is 7. The number of hydrogen-bond acceptors (Lipinski definition) is 7. The van der Waals surface area contributed by atoms with E-state index < -0.39 is 12.4 Å². The molecule has 6 rings (SSSR count). The summed E-state index contributed by atoms with van der Waals surface area (Å²) in [6, 6.07) is 13.6. The number of ether oxygens (including phenoxy) is 1. The first-order valence-corrected chi connectivity index (χ1v) is 13.6. The zero-order chi connectivity index (χ0) is 30.5. The molecule has 0 saturated carbocycles. The number of alkyl halides is 2. The number of allylic oxidation sites excluding steroid dienone is 1. The molecule has 9 nitrogen and oxygen atoms in total. The number of fused-ring (bicyclic) bond motifs is 2. The van der Waals surface area contributed by atoms with Crippen molar-refractivity contribution >= 4 is 45.5 Å². The van der Waals surface area contributed by atoms with Gasteiger partial charge in [0, 0.05) is 48.9 Å². The normalized spacial score (nSPS) is 13.2. The number of piperazine rings is 1. The summed E-state index contributed by atoms with van der Waals surface area (Å²) in [5.74, 6) is 0.553. The molecular formula is C31H30F3N7O2. The third kappa shape index (κ3) is 6.22. The number of imidazole rings is 1. The van der Waals surface area contributed by atoms with Crippen molar-refractivity contribution in [3.63, 3.8) is 0 Å². The zero-order valence-electron chi connectivity index (χ0n) is 23.7. The Kier molecular flexibility index (Phi) is 8.74. The Hall–Kier alpha value is -5.13.